The van der Waals surface area contributed by atoms with Crippen LogP contribution in [0.25, 0.3) is 0 Å². The number of benzene rings is 1. The summed E-state index contributed by atoms with van der Waals surface area (Å²) in [5.74, 6) is 0. The van der Waals surface area contributed by atoms with E-state index in [9.17, 15) is 0 Å². The Kier molecular flexibility index (Phi) is 3.42. The molecule has 0 fully saturated rings. The van der Waals surface area contributed by atoms with Crippen LogP contribution in [0.5, 0.6) is 0 Å². The average molecular weight is 318 g/mol. The smallest absolute Gasteiger partial charge is 0.0602 e. The van der Waals surface area contributed by atoms with Crippen LogP contribution in [0, 0.1) is 0 Å². The fourth-order valence-electron chi connectivity index (χ4n) is 2.59. The highest BCUT2D eigenvalue weighted by molar-refractivity contribution is 9.10. The topological polar surface area (TPSA) is 42.1 Å². The predicted molar refractivity (Wildman–Crippen MR) is 82.2 cm³/mol. The first-order valence-corrected chi connectivity index (χ1v) is 7.26. The molecule has 1 aromatic carbocycles. The summed E-state index contributed by atoms with van der Waals surface area (Å²) in [6.07, 6.45) is 4.07. The van der Waals surface area contributed by atoms with Gasteiger partial charge in [-0.1, -0.05) is 6.07 Å². The van der Waals surface area contributed by atoms with Crippen molar-refractivity contribution in [3.05, 3.63) is 52.3 Å². The first-order valence-electron chi connectivity index (χ1n) is 6.47. The summed E-state index contributed by atoms with van der Waals surface area (Å²) in [6, 6.07) is 10.3. The molecule has 0 aliphatic carbocycles. The van der Waals surface area contributed by atoms with E-state index in [-0.39, 0.29) is 0 Å². The van der Waals surface area contributed by atoms with Crippen LogP contribution in [0.3, 0.4) is 0 Å². The third-order valence-corrected chi connectivity index (χ3v) is 3.99. The molecule has 4 heteroatoms. The molecule has 98 valence electrons. The fraction of sp³-hybridized carbons (Fsp3) is 0.267. The minimum atomic E-state index is 0.837. The van der Waals surface area contributed by atoms with E-state index in [4.69, 9.17) is 5.73 Å². The largest absolute Gasteiger partial charge is 0.398 e. The van der Waals surface area contributed by atoms with Gasteiger partial charge in [0.1, 0.15) is 0 Å². The average Bonchev–Trinajstić information content (AvgIpc) is 2.43. The maximum absolute atomic E-state index is 6.07. The highest BCUT2D eigenvalue weighted by Gasteiger charge is 2.18. The fourth-order valence-corrected chi connectivity index (χ4v) is 2.82. The number of hydrogen-bond acceptors (Lipinski definition) is 3. The molecule has 0 unspecified atom stereocenters. The molecule has 0 saturated heterocycles. The molecule has 0 radical (unpaired) electrons. The normalized spacial score (nSPS) is 14.3. The Morgan fingerprint density at radius 3 is 2.95 bits per heavy atom. The van der Waals surface area contributed by atoms with Crippen molar-refractivity contribution in [1.82, 2.24) is 4.98 Å². The summed E-state index contributed by atoms with van der Waals surface area (Å²) < 4.78 is 1.01. The number of hydrogen-bond donors (Lipinski definition) is 1. The van der Waals surface area contributed by atoms with Gasteiger partial charge < -0.3 is 10.6 Å². The minimum Gasteiger partial charge on any atom is -0.398 e. The number of fused-ring (bicyclic) bond motifs is 1. The number of nitrogen functional groups attached to an aromatic ring is 1. The molecule has 3 rings (SSSR count). The molecule has 1 aromatic heterocycles. The number of pyridine rings is 1. The van der Waals surface area contributed by atoms with Gasteiger partial charge in [0.05, 0.1) is 12.2 Å². The maximum Gasteiger partial charge on any atom is 0.0602 e. The van der Waals surface area contributed by atoms with Crippen LogP contribution in [-0.4, -0.2) is 11.5 Å². The van der Waals surface area contributed by atoms with Crippen molar-refractivity contribution in [3.8, 4) is 0 Å². The van der Waals surface area contributed by atoms with Gasteiger partial charge >= 0.3 is 0 Å². The number of halogens is 1. The van der Waals surface area contributed by atoms with Crippen LogP contribution >= 0.6 is 15.9 Å². The standard InChI is InChI=1S/C15H16BrN3/c16-11-6-7-12(18-9-11)10-19-8-2-3-13-14(17)4-1-5-15(13)19/h1,4-7,9H,2-3,8,10,17H2. The molecule has 1 aliphatic rings. The second-order valence-corrected chi connectivity index (χ2v) is 5.75. The quantitative estimate of drug-likeness (QED) is 0.863. The van der Waals surface area contributed by atoms with E-state index < -0.39 is 0 Å². The SMILES string of the molecule is Nc1cccc2c1CCCN2Cc1ccc(Br)cn1. The van der Waals surface area contributed by atoms with Crippen molar-refractivity contribution in [2.24, 2.45) is 0 Å². The van der Waals surface area contributed by atoms with Gasteiger partial charge in [0.25, 0.3) is 0 Å². The maximum atomic E-state index is 6.07. The number of rotatable bonds is 2. The Hall–Kier alpha value is -1.55. The Morgan fingerprint density at radius 1 is 1.26 bits per heavy atom. The summed E-state index contributed by atoms with van der Waals surface area (Å²) in [5.41, 5.74) is 10.6. The lowest BCUT2D eigenvalue weighted by atomic mass is 10.00. The van der Waals surface area contributed by atoms with Crippen LogP contribution in [0.1, 0.15) is 17.7 Å². The van der Waals surface area contributed by atoms with Crippen LogP contribution < -0.4 is 10.6 Å². The van der Waals surface area contributed by atoms with E-state index >= 15 is 0 Å². The Morgan fingerprint density at radius 2 is 2.16 bits per heavy atom. The van der Waals surface area contributed by atoms with Gasteiger partial charge in [-0.05, 0) is 58.6 Å². The van der Waals surface area contributed by atoms with E-state index in [1.54, 1.807) is 0 Å². The predicted octanol–water partition coefficient (Wildman–Crippen LogP) is 3.38. The molecule has 19 heavy (non-hydrogen) atoms. The summed E-state index contributed by atoms with van der Waals surface area (Å²) in [7, 11) is 0. The second-order valence-electron chi connectivity index (χ2n) is 4.84. The zero-order chi connectivity index (χ0) is 13.2. The molecule has 0 spiro atoms. The molecule has 1 aliphatic heterocycles. The van der Waals surface area contributed by atoms with Gasteiger partial charge in [0, 0.05) is 28.6 Å². The Balaban J connectivity index is 1.88. The van der Waals surface area contributed by atoms with E-state index in [2.05, 4.69) is 37.9 Å². The molecule has 0 bridgehead atoms. The number of nitrogens with two attached hydrogens (primary N) is 1. The number of nitrogens with zero attached hydrogens (tertiary/aromatic N) is 2. The molecule has 0 saturated carbocycles. The van der Waals surface area contributed by atoms with Gasteiger partial charge in [-0.2, -0.15) is 0 Å². The van der Waals surface area contributed by atoms with E-state index in [1.807, 2.05) is 24.4 Å². The first-order chi connectivity index (χ1) is 9.24. The highest BCUT2D eigenvalue weighted by atomic mass is 79.9. The molecule has 2 N–H and O–H groups in total. The summed E-state index contributed by atoms with van der Waals surface area (Å²) in [5, 5.41) is 0. The van der Waals surface area contributed by atoms with Crippen molar-refractivity contribution in [3.63, 3.8) is 0 Å². The molecule has 3 nitrogen and oxygen atoms in total. The Labute approximate surface area is 121 Å². The first kappa shape index (κ1) is 12.5. The number of anilines is 2. The van der Waals surface area contributed by atoms with Crippen LogP contribution in [-0.2, 0) is 13.0 Å². The lowest BCUT2D eigenvalue weighted by Crippen LogP contribution is -2.29. The number of aromatic nitrogens is 1. The lowest BCUT2D eigenvalue weighted by Gasteiger charge is -2.31. The molecular formula is C15H16BrN3. The molecule has 0 amide bonds. The third-order valence-electron chi connectivity index (χ3n) is 3.52. The van der Waals surface area contributed by atoms with Gasteiger partial charge in [-0.3, -0.25) is 4.98 Å². The van der Waals surface area contributed by atoms with Crippen LogP contribution in [0.2, 0.25) is 0 Å². The summed E-state index contributed by atoms with van der Waals surface area (Å²) >= 11 is 3.41. The molecular weight excluding hydrogens is 302 g/mol. The van der Waals surface area contributed by atoms with E-state index in [0.717, 1.165) is 41.8 Å². The van der Waals surface area contributed by atoms with Crippen LogP contribution in [0.4, 0.5) is 11.4 Å². The summed E-state index contributed by atoms with van der Waals surface area (Å²) in [4.78, 5) is 6.81. The van der Waals surface area contributed by atoms with Crippen molar-refractivity contribution in [2.45, 2.75) is 19.4 Å². The molecule has 2 aromatic rings. The van der Waals surface area contributed by atoms with Gasteiger partial charge in [-0.25, -0.2) is 0 Å². The van der Waals surface area contributed by atoms with Crippen molar-refractivity contribution >= 4 is 27.3 Å². The van der Waals surface area contributed by atoms with Crippen LogP contribution in [0.15, 0.2) is 41.0 Å². The lowest BCUT2D eigenvalue weighted by molar-refractivity contribution is 0.685. The van der Waals surface area contributed by atoms with E-state index in [0.29, 0.717) is 0 Å². The van der Waals surface area contributed by atoms with Gasteiger partial charge in [0.2, 0.25) is 0 Å². The van der Waals surface area contributed by atoms with Crippen molar-refractivity contribution in [2.75, 3.05) is 17.2 Å². The molecule has 0 atom stereocenters. The van der Waals surface area contributed by atoms with Crippen molar-refractivity contribution in [1.29, 1.82) is 0 Å². The highest BCUT2D eigenvalue weighted by Crippen LogP contribution is 2.32. The molecule has 2 heterocycles. The van der Waals surface area contributed by atoms with Gasteiger partial charge in [0.15, 0.2) is 0 Å². The third kappa shape index (κ3) is 2.59. The van der Waals surface area contributed by atoms with Gasteiger partial charge in [-0.15, -0.1) is 0 Å². The zero-order valence-corrected chi connectivity index (χ0v) is 12.2. The summed E-state index contributed by atoms with van der Waals surface area (Å²) in [6.45, 7) is 1.90. The zero-order valence-electron chi connectivity index (χ0n) is 10.6. The van der Waals surface area contributed by atoms with E-state index in [1.165, 1.54) is 11.3 Å². The minimum absolute atomic E-state index is 0.837. The monoisotopic (exact) mass is 317 g/mol. The van der Waals surface area contributed by atoms with Crippen molar-refractivity contribution < 1.29 is 0 Å². The second kappa shape index (κ2) is 5.21. The Bertz CT molecular complexity index is 580.